The molecule has 1 aliphatic carbocycles. The van der Waals surface area contributed by atoms with Crippen LogP contribution < -0.4 is 4.90 Å². The summed E-state index contributed by atoms with van der Waals surface area (Å²) >= 11 is 0. The quantitative estimate of drug-likeness (QED) is 0.158. The van der Waals surface area contributed by atoms with E-state index in [-0.39, 0.29) is 35.1 Å². The van der Waals surface area contributed by atoms with Gasteiger partial charge in [-0.1, -0.05) is 178 Å². The van der Waals surface area contributed by atoms with E-state index in [1.54, 1.807) is 0 Å². The highest BCUT2D eigenvalue weighted by molar-refractivity contribution is 5.93. The molecular formula is C55H41N. The van der Waals surface area contributed by atoms with Crippen LogP contribution in [-0.2, 0) is 5.41 Å². The van der Waals surface area contributed by atoms with Gasteiger partial charge in [-0.05, 0) is 126 Å². The number of hydrogen-bond acceptors (Lipinski definition) is 1. The first kappa shape index (κ1) is 28.5. The molecular weight excluding hydrogens is 675 g/mol. The van der Waals surface area contributed by atoms with E-state index < -0.39 is 6.04 Å². The normalized spacial score (nSPS) is 13.9. The van der Waals surface area contributed by atoms with Crippen LogP contribution in [0, 0.1) is 0 Å². The SMILES string of the molecule is [2H]c1c([2H])c([2H])c(-c2ccc(N(c3ccc(-c4ccccc4)cc3)c3ccc4cc(-c5ccc(-c6ccc7c(c6)C(C)(C)c6ccccc6-7)cc5)ccc4c3)cc2)c([2H])c1[2H]. The minimum Gasteiger partial charge on any atom is -0.310 e. The second-order valence-corrected chi connectivity index (χ2v) is 15.0. The number of fused-ring (bicyclic) bond motifs is 4. The van der Waals surface area contributed by atoms with Gasteiger partial charge in [-0.25, -0.2) is 0 Å². The summed E-state index contributed by atoms with van der Waals surface area (Å²) in [6, 6.07) is 62.5. The largest absolute Gasteiger partial charge is 0.310 e. The van der Waals surface area contributed by atoms with Gasteiger partial charge in [-0.15, -0.1) is 0 Å². The third-order valence-electron chi connectivity index (χ3n) is 11.4. The molecule has 0 bridgehead atoms. The summed E-state index contributed by atoms with van der Waals surface area (Å²) < 4.78 is 41.5. The van der Waals surface area contributed by atoms with Crippen LogP contribution >= 0.6 is 0 Å². The highest BCUT2D eigenvalue weighted by Crippen LogP contribution is 2.49. The lowest BCUT2D eigenvalue weighted by molar-refractivity contribution is 0.660. The van der Waals surface area contributed by atoms with Crippen molar-refractivity contribution < 1.29 is 6.85 Å². The van der Waals surface area contributed by atoms with Crippen LogP contribution in [0.5, 0.6) is 0 Å². The number of hydrogen-bond donors (Lipinski definition) is 0. The molecule has 0 amide bonds. The minimum atomic E-state index is -0.399. The average Bonchev–Trinajstić information content (AvgIpc) is 3.53. The molecule has 266 valence electrons. The fourth-order valence-corrected chi connectivity index (χ4v) is 8.34. The smallest absolute Gasteiger partial charge is 0.0629 e. The van der Waals surface area contributed by atoms with Crippen molar-refractivity contribution >= 4 is 27.8 Å². The van der Waals surface area contributed by atoms with Crippen molar-refractivity contribution in [2.45, 2.75) is 19.3 Å². The Bertz CT molecular complexity index is 3110. The summed E-state index contributed by atoms with van der Waals surface area (Å²) in [6.07, 6.45) is 0. The molecule has 1 aliphatic rings. The van der Waals surface area contributed by atoms with Gasteiger partial charge in [0.05, 0.1) is 6.85 Å². The molecule has 9 aromatic rings. The molecule has 10 rings (SSSR count). The van der Waals surface area contributed by atoms with Crippen LogP contribution in [0.1, 0.15) is 31.8 Å². The molecule has 0 heterocycles. The number of rotatable bonds is 7. The molecule has 0 saturated carbocycles. The van der Waals surface area contributed by atoms with E-state index in [1.807, 2.05) is 42.5 Å². The summed E-state index contributed by atoms with van der Waals surface area (Å²) in [7, 11) is 0. The second-order valence-electron chi connectivity index (χ2n) is 15.0. The molecule has 0 aliphatic heterocycles. The zero-order chi connectivity index (χ0) is 42.0. The van der Waals surface area contributed by atoms with Crippen molar-refractivity contribution in [3.8, 4) is 55.6 Å². The molecule has 1 heteroatoms. The van der Waals surface area contributed by atoms with Gasteiger partial charge in [0.15, 0.2) is 0 Å². The Hall–Kier alpha value is -6.96. The third-order valence-corrected chi connectivity index (χ3v) is 11.4. The predicted octanol–water partition coefficient (Wildman–Crippen LogP) is 15.3. The molecule has 0 radical (unpaired) electrons. The van der Waals surface area contributed by atoms with Crippen LogP contribution in [-0.4, -0.2) is 0 Å². The summed E-state index contributed by atoms with van der Waals surface area (Å²) in [5, 5.41) is 2.22. The summed E-state index contributed by atoms with van der Waals surface area (Å²) in [5.74, 6) is 0. The summed E-state index contributed by atoms with van der Waals surface area (Å²) in [4.78, 5) is 2.19. The Kier molecular flexibility index (Phi) is 6.97. The highest BCUT2D eigenvalue weighted by atomic mass is 15.1. The first-order valence-electron chi connectivity index (χ1n) is 21.6. The van der Waals surface area contributed by atoms with E-state index in [0.29, 0.717) is 5.56 Å². The standard InChI is InChI=1S/C55H41N/c1-55(2)53-16-10-9-15-51(53)52-34-28-47(37-54(52)55)43-19-17-42(18-20-43)44-21-22-46-36-50(33-27-45(46)35-44)56(48-29-23-40(24-30-48)38-11-5-3-6-12-38)49-31-25-41(26-32-49)39-13-7-4-8-14-39/h3-37H,1-2H3/i3D,5D,6D,11D,12D. The molecule has 0 unspecified atom stereocenters. The van der Waals surface area contributed by atoms with Crippen molar-refractivity contribution in [3.05, 3.63) is 223 Å². The Morgan fingerprint density at radius 2 is 0.821 bits per heavy atom. The lowest BCUT2D eigenvalue weighted by Gasteiger charge is -2.26. The van der Waals surface area contributed by atoms with Gasteiger partial charge in [0.2, 0.25) is 0 Å². The molecule has 0 N–H and O–H groups in total. The second kappa shape index (κ2) is 13.7. The van der Waals surface area contributed by atoms with Crippen molar-refractivity contribution in [1.29, 1.82) is 0 Å². The first-order valence-corrected chi connectivity index (χ1v) is 19.1. The summed E-state index contributed by atoms with van der Waals surface area (Å²) in [6.45, 7) is 4.64. The van der Waals surface area contributed by atoms with E-state index >= 15 is 0 Å². The zero-order valence-electron chi connectivity index (χ0n) is 36.3. The number of benzene rings is 9. The van der Waals surface area contributed by atoms with Gasteiger partial charge < -0.3 is 4.90 Å². The number of anilines is 3. The lowest BCUT2D eigenvalue weighted by atomic mass is 9.81. The minimum absolute atomic E-state index is 0.0427. The van der Waals surface area contributed by atoms with Crippen molar-refractivity contribution in [1.82, 2.24) is 0 Å². The van der Waals surface area contributed by atoms with Gasteiger partial charge >= 0.3 is 0 Å². The van der Waals surface area contributed by atoms with Gasteiger partial charge in [0, 0.05) is 22.5 Å². The Morgan fingerprint density at radius 3 is 1.52 bits per heavy atom. The molecule has 0 spiro atoms. The molecule has 9 aromatic carbocycles. The van der Waals surface area contributed by atoms with Crippen LogP contribution in [0.3, 0.4) is 0 Å². The fourth-order valence-electron chi connectivity index (χ4n) is 8.34. The maximum atomic E-state index is 8.53. The molecule has 0 fully saturated rings. The Labute approximate surface area is 336 Å². The fraction of sp³-hybridized carbons (Fsp3) is 0.0545. The molecule has 0 atom stereocenters. The Morgan fingerprint density at radius 1 is 0.357 bits per heavy atom. The maximum Gasteiger partial charge on any atom is 0.0629 e. The summed E-state index contributed by atoms with van der Waals surface area (Å²) in [5.41, 5.74) is 15.9. The van der Waals surface area contributed by atoms with Crippen LogP contribution in [0.4, 0.5) is 17.1 Å². The molecule has 56 heavy (non-hydrogen) atoms. The van der Waals surface area contributed by atoms with Crippen LogP contribution in [0.15, 0.2) is 212 Å². The Balaban J connectivity index is 0.974. The van der Waals surface area contributed by atoms with E-state index in [9.17, 15) is 0 Å². The van der Waals surface area contributed by atoms with E-state index in [1.165, 1.54) is 33.4 Å². The van der Waals surface area contributed by atoms with E-state index in [2.05, 4.69) is 158 Å². The van der Waals surface area contributed by atoms with Crippen molar-refractivity contribution in [2.75, 3.05) is 4.90 Å². The zero-order valence-corrected chi connectivity index (χ0v) is 31.3. The first-order chi connectivity index (χ1) is 29.6. The van der Waals surface area contributed by atoms with Crippen LogP contribution in [0.25, 0.3) is 66.4 Å². The van der Waals surface area contributed by atoms with Gasteiger partial charge in [0.1, 0.15) is 0 Å². The van der Waals surface area contributed by atoms with Crippen LogP contribution in [0.2, 0.25) is 0 Å². The maximum absolute atomic E-state index is 8.53. The lowest BCUT2D eigenvalue weighted by Crippen LogP contribution is -2.14. The van der Waals surface area contributed by atoms with Gasteiger partial charge in [-0.3, -0.25) is 0 Å². The van der Waals surface area contributed by atoms with Gasteiger partial charge in [0.25, 0.3) is 0 Å². The monoisotopic (exact) mass is 720 g/mol. The van der Waals surface area contributed by atoms with Gasteiger partial charge in [-0.2, -0.15) is 0 Å². The topological polar surface area (TPSA) is 3.24 Å². The van der Waals surface area contributed by atoms with E-state index in [0.717, 1.165) is 50.1 Å². The number of nitrogens with zero attached hydrogens (tertiary/aromatic N) is 1. The average molecular weight is 721 g/mol. The molecule has 0 saturated heterocycles. The predicted molar refractivity (Wildman–Crippen MR) is 238 cm³/mol. The highest BCUT2D eigenvalue weighted by Gasteiger charge is 2.35. The van der Waals surface area contributed by atoms with E-state index in [4.69, 9.17) is 6.85 Å². The molecule has 1 nitrogen and oxygen atoms in total. The van der Waals surface area contributed by atoms with Crippen molar-refractivity contribution in [2.24, 2.45) is 0 Å². The van der Waals surface area contributed by atoms with Crippen molar-refractivity contribution in [3.63, 3.8) is 0 Å². The molecule has 0 aromatic heterocycles. The third kappa shape index (κ3) is 5.99.